The van der Waals surface area contributed by atoms with Gasteiger partial charge in [0.25, 0.3) is 0 Å². The molecule has 7 heteroatoms. The lowest BCUT2D eigenvalue weighted by Crippen LogP contribution is -2.12. The Bertz CT molecular complexity index is 620. The molecule has 1 aromatic carbocycles. The number of nitrogens with one attached hydrogen (secondary N) is 1. The van der Waals surface area contributed by atoms with Crippen molar-refractivity contribution in [3.63, 3.8) is 0 Å². The predicted molar refractivity (Wildman–Crippen MR) is 79.2 cm³/mol. The van der Waals surface area contributed by atoms with Crippen LogP contribution in [0.15, 0.2) is 30.5 Å². The van der Waals surface area contributed by atoms with Gasteiger partial charge >= 0.3 is 0 Å². The fraction of sp³-hybridized carbons (Fsp3) is 0.0833. The molecule has 0 radical (unpaired) electrons. The van der Waals surface area contributed by atoms with E-state index in [9.17, 15) is 0 Å². The van der Waals surface area contributed by atoms with Gasteiger partial charge in [-0.3, -0.25) is 0 Å². The molecular weight excluding hydrogens is 284 g/mol. The minimum atomic E-state index is 0.221. The molecule has 1 heterocycles. The van der Waals surface area contributed by atoms with Crippen molar-refractivity contribution in [2.24, 2.45) is 5.73 Å². The lowest BCUT2D eigenvalue weighted by atomic mass is 10.3. The molecule has 2 rings (SSSR count). The minimum Gasteiger partial charge on any atom is -0.495 e. The number of aromatic nitrogens is 2. The summed E-state index contributed by atoms with van der Waals surface area (Å²) >= 11 is 10.8. The Morgan fingerprint density at radius 2 is 2.21 bits per heavy atom. The van der Waals surface area contributed by atoms with E-state index in [-0.39, 0.29) is 4.99 Å². The van der Waals surface area contributed by atoms with Crippen LogP contribution in [0, 0.1) is 0 Å². The van der Waals surface area contributed by atoms with E-state index in [0.29, 0.717) is 22.4 Å². The highest BCUT2D eigenvalue weighted by molar-refractivity contribution is 7.80. The Morgan fingerprint density at radius 3 is 2.89 bits per heavy atom. The van der Waals surface area contributed by atoms with Crippen molar-refractivity contribution in [2.75, 3.05) is 12.4 Å². The van der Waals surface area contributed by atoms with Gasteiger partial charge in [0, 0.05) is 18.0 Å². The van der Waals surface area contributed by atoms with E-state index >= 15 is 0 Å². The first-order valence-electron chi connectivity index (χ1n) is 5.33. The highest BCUT2D eigenvalue weighted by atomic mass is 35.5. The highest BCUT2D eigenvalue weighted by Crippen LogP contribution is 2.28. The fourth-order valence-electron chi connectivity index (χ4n) is 1.42. The number of benzene rings is 1. The maximum atomic E-state index is 5.95. The summed E-state index contributed by atoms with van der Waals surface area (Å²) in [6.45, 7) is 0. The van der Waals surface area contributed by atoms with Crippen molar-refractivity contribution in [2.45, 2.75) is 0 Å². The van der Waals surface area contributed by atoms with Crippen LogP contribution in [0.25, 0.3) is 0 Å². The lowest BCUT2D eigenvalue weighted by Gasteiger charge is -2.08. The van der Waals surface area contributed by atoms with Crippen molar-refractivity contribution < 1.29 is 4.74 Å². The predicted octanol–water partition coefficient (Wildman–Crippen LogP) is 2.52. The van der Waals surface area contributed by atoms with E-state index in [2.05, 4.69) is 15.3 Å². The Kier molecular flexibility index (Phi) is 4.13. The fourth-order valence-corrected chi connectivity index (χ4v) is 1.73. The largest absolute Gasteiger partial charge is 0.495 e. The number of thiocarbonyl (C=S) groups is 1. The molecule has 0 aliphatic heterocycles. The van der Waals surface area contributed by atoms with E-state index < -0.39 is 0 Å². The first-order valence-corrected chi connectivity index (χ1v) is 6.12. The van der Waals surface area contributed by atoms with E-state index in [1.54, 1.807) is 37.6 Å². The van der Waals surface area contributed by atoms with Crippen LogP contribution < -0.4 is 15.8 Å². The third-order valence-electron chi connectivity index (χ3n) is 2.32. The van der Waals surface area contributed by atoms with Crippen LogP contribution in [0.4, 0.5) is 11.6 Å². The summed E-state index contributed by atoms with van der Waals surface area (Å²) in [7, 11) is 1.55. The molecular formula is C12H11ClN4OS. The first kappa shape index (κ1) is 13.5. The standard InChI is InChI=1S/C12H11ClN4OS/c1-18-10-6-7(2-3-8(10)13)16-12-15-5-4-9(17-12)11(14)19/h2-6H,1H3,(H2,14,19)(H,15,16,17). The topological polar surface area (TPSA) is 73.1 Å². The molecule has 0 spiro atoms. The van der Waals surface area contributed by atoms with Gasteiger partial charge < -0.3 is 15.8 Å². The molecule has 0 saturated carbocycles. The monoisotopic (exact) mass is 294 g/mol. The zero-order valence-corrected chi connectivity index (χ0v) is 11.6. The molecule has 0 unspecified atom stereocenters. The maximum absolute atomic E-state index is 5.95. The summed E-state index contributed by atoms with van der Waals surface area (Å²) in [5.41, 5.74) is 6.78. The Hall–Kier alpha value is -1.92. The molecule has 1 aromatic heterocycles. The van der Waals surface area contributed by atoms with Gasteiger partial charge in [-0.2, -0.15) is 0 Å². The second-order valence-electron chi connectivity index (χ2n) is 3.60. The van der Waals surface area contributed by atoms with Gasteiger partial charge in [0.2, 0.25) is 5.95 Å². The van der Waals surface area contributed by atoms with Gasteiger partial charge in [-0.15, -0.1) is 0 Å². The van der Waals surface area contributed by atoms with Gasteiger partial charge in [0.15, 0.2) is 0 Å². The molecule has 3 N–H and O–H groups in total. The van der Waals surface area contributed by atoms with Crippen LogP contribution in [-0.4, -0.2) is 22.1 Å². The Labute approximate surface area is 120 Å². The smallest absolute Gasteiger partial charge is 0.227 e. The molecule has 0 aliphatic carbocycles. The van der Waals surface area contributed by atoms with Crippen LogP contribution in [0.5, 0.6) is 5.75 Å². The zero-order valence-electron chi connectivity index (χ0n) is 10.1. The quantitative estimate of drug-likeness (QED) is 0.844. The number of nitrogens with zero attached hydrogens (tertiary/aromatic N) is 2. The second kappa shape index (κ2) is 5.81. The van der Waals surface area contributed by atoms with E-state index in [1.807, 2.05) is 0 Å². The normalized spacial score (nSPS) is 10.0. The lowest BCUT2D eigenvalue weighted by molar-refractivity contribution is 0.415. The summed E-state index contributed by atoms with van der Waals surface area (Å²) in [6.07, 6.45) is 1.58. The van der Waals surface area contributed by atoms with E-state index in [4.69, 9.17) is 34.3 Å². The molecule has 0 bridgehead atoms. The first-order chi connectivity index (χ1) is 9.10. The Balaban J connectivity index is 2.26. The number of methoxy groups -OCH3 is 1. The number of ether oxygens (including phenoxy) is 1. The SMILES string of the molecule is COc1cc(Nc2nccc(C(N)=S)n2)ccc1Cl. The number of rotatable bonds is 4. The number of hydrogen-bond donors (Lipinski definition) is 2. The van der Waals surface area contributed by atoms with Gasteiger partial charge in [-0.25, -0.2) is 9.97 Å². The van der Waals surface area contributed by atoms with Crippen LogP contribution >= 0.6 is 23.8 Å². The summed E-state index contributed by atoms with van der Waals surface area (Å²) < 4.78 is 5.13. The van der Waals surface area contributed by atoms with Crippen LogP contribution in [0.1, 0.15) is 5.69 Å². The molecule has 0 saturated heterocycles. The molecule has 0 aliphatic rings. The molecule has 5 nitrogen and oxygen atoms in total. The summed E-state index contributed by atoms with van der Waals surface area (Å²) in [6, 6.07) is 6.91. The van der Waals surface area contributed by atoms with E-state index in [0.717, 1.165) is 5.69 Å². The van der Waals surface area contributed by atoms with E-state index in [1.165, 1.54) is 0 Å². The summed E-state index contributed by atoms with van der Waals surface area (Å²) in [4.78, 5) is 8.49. The number of halogens is 1. The maximum Gasteiger partial charge on any atom is 0.227 e. The molecule has 0 atom stereocenters. The van der Waals surface area contributed by atoms with Crippen LogP contribution in [0.3, 0.4) is 0 Å². The average molecular weight is 295 g/mol. The second-order valence-corrected chi connectivity index (χ2v) is 4.45. The van der Waals surface area contributed by atoms with Crippen LogP contribution in [-0.2, 0) is 0 Å². The Morgan fingerprint density at radius 1 is 1.42 bits per heavy atom. The summed E-state index contributed by atoms with van der Waals surface area (Å²) in [5, 5.41) is 3.56. The number of anilines is 2. The van der Waals surface area contributed by atoms with Crippen molar-refractivity contribution in [1.29, 1.82) is 0 Å². The van der Waals surface area contributed by atoms with Crippen LogP contribution in [0.2, 0.25) is 5.02 Å². The van der Waals surface area contributed by atoms with Gasteiger partial charge in [0.1, 0.15) is 16.4 Å². The number of hydrogen-bond acceptors (Lipinski definition) is 5. The molecule has 2 aromatic rings. The number of nitrogens with two attached hydrogens (primary N) is 1. The van der Waals surface area contributed by atoms with Gasteiger partial charge in [-0.05, 0) is 18.2 Å². The van der Waals surface area contributed by atoms with Crippen molar-refractivity contribution in [1.82, 2.24) is 9.97 Å². The van der Waals surface area contributed by atoms with Crippen molar-refractivity contribution in [3.05, 3.63) is 41.2 Å². The summed E-state index contributed by atoms with van der Waals surface area (Å²) in [5.74, 6) is 0.965. The average Bonchev–Trinajstić information content (AvgIpc) is 2.41. The minimum absolute atomic E-state index is 0.221. The highest BCUT2D eigenvalue weighted by Gasteiger charge is 2.05. The molecule has 0 amide bonds. The molecule has 98 valence electrons. The molecule has 0 fully saturated rings. The zero-order chi connectivity index (χ0) is 13.8. The van der Waals surface area contributed by atoms with Crippen molar-refractivity contribution in [3.8, 4) is 5.75 Å². The third-order valence-corrected chi connectivity index (χ3v) is 2.84. The van der Waals surface area contributed by atoms with Gasteiger partial charge in [-0.1, -0.05) is 23.8 Å². The van der Waals surface area contributed by atoms with Crippen molar-refractivity contribution >= 4 is 40.4 Å². The molecule has 19 heavy (non-hydrogen) atoms. The third kappa shape index (κ3) is 3.30. The van der Waals surface area contributed by atoms with Gasteiger partial charge in [0.05, 0.1) is 12.1 Å².